The molecule has 1 unspecified atom stereocenters. The van der Waals surface area contributed by atoms with Crippen LogP contribution < -0.4 is 5.32 Å². The highest BCUT2D eigenvalue weighted by Gasteiger charge is 2.04. The molecule has 0 saturated carbocycles. The fourth-order valence-corrected chi connectivity index (χ4v) is 1.24. The van der Waals surface area contributed by atoms with Crippen LogP contribution in [0.3, 0.4) is 0 Å². The molecule has 0 bridgehead atoms. The van der Waals surface area contributed by atoms with Gasteiger partial charge in [0.25, 0.3) is 0 Å². The first-order chi connectivity index (χ1) is 6.06. The van der Waals surface area contributed by atoms with Gasteiger partial charge in [-0.2, -0.15) is 0 Å². The summed E-state index contributed by atoms with van der Waals surface area (Å²) in [5.74, 6) is 0. The molecule has 2 nitrogen and oxygen atoms in total. The molecule has 2 N–H and O–H groups in total. The Morgan fingerprint density at radius 2 is 1.92 bits per heavy atom. The summed E-state index contributed by atoms with van der Waals surface area (Å²) in [6, 6.07) is 0.694. The van der Waals surface area contributed by atoms with Gasteiger partial charge in [0.15, 0.2) is 0 Å². The molecule has 0 aliphatic rings. The summed E-state index contributed by atoms with van der Waals surface area (Å²) in [5, 5.41) is 12.1. The zero-order valence-electron chi connectivity index (χ0n) is 9.30. The van der Waals surface area contributed by atoms with E-state index in [-0.39, 0.29) is 12.6 Å². The molecular formula is C11H23NO. The van der Waals surface area contributed by atoms with Crippen LogP contribution in [0.15, 0.2) is 11.6 Å². The Hall–Kier alpha value is -0.340. The fraction of sp³-hybridized carbons (Fsp3) is 0.818. The molecule has 0 fully saturated rings. The molecule has 0 aromatic heterocycles. The summed E-state index contributed by atoms with van der Waals surface area (Å²) in [7, 11) is 0. The minimum Gasteiger partial charge on any atom is -0.395 e. The molecule has 0 spiro atoms. The van der Waals surface area contributed by atoms with Crippen LogP contribution in [0.4, 0.5) is 0 Å². The Morgan fingerprint density at radius 1 is 1.31 bits per heavy atom. The first kappa shape index (κ1) is 12.7. The van der Waals surface area contributed by atoms with Gasteiger partial charge in [-0.25, -0.2) is 0 Å². The van der Waals surface area contributed by atoms with Crippen molar-refractivity contribution in [1.29, 1.82) is 0 Å². The summed E-state index contributed by atoms with van der Waals surface area (Å²) >= 11 is 0. The highest BCUT2D eigenvalue weighted by Crippen LogP contribution is 2.01. The lowest BCUT2D eigenvalue weighted by atomic mass is 10.1. The van der Waals surface area contributed by atoms with E-state index < -0.39 is 0 Å². The Bertz CT molecular complexity index is 150. The average Bonchev–Trinajstić information content (AvgIpc) is 2.03. The second kappa shape index (κ2) is 7.10. The third-order valence-electron chi connectivity index (χ3n) is 2.00. The Morgan fingerprint density at radius 3 is 2.38 bits per heavy atom. The Kier molecular flexibility index (Phi) is 6.92. The molecule has 0 rings (SSSR count). The third kappa shape index (κ3) is 8.00. The van der Waals surface area contributed by atoms with Crippen molar-refractivity contribution in [3.8, 4) is 0 Å². The molecule has 0 aromatic rings. The number of hydrogen-bond acceptors (Lipinski definition) is 2. The van der Waals surface area contributed by atoms with E-state index in [1.165, 1.54) is 5.57 Å². The van der Waals surface area contributed by atoms with Crippen LogP contribution in [0.25, 0.3) is 0 Å². The molecule has 0 amide bonds. The van der Waals surface area contributed by atoms with Gasteiger partial charge in [0, 0.05) is 12.1 Å². The van der Waals surface area contributed by atoms with Gasteiger partial charge in [-0.3, -0.25) is 0 Å². The Labute approximate surface area is 82.0 Å². The maximum atomic E-state index is 8.82. The van der Waals surface area contributed by atoms with E-state index in [9.17, 15) is 0 Å². The summed E-state index contributed by atoms with van der Waals surface area (Å²) in [6.07, 6.45) is 4.51. The van der Waals surface area contributed by atoms with Crippen molar-refractivity contribution in [3.63, 3.8) is 0 Å². The minimum atomic E-state index is 0.210. The van der Waals surface area contributed by atoms with Crippen LogP contribution in [0.2, 0.25) is 0 Å². The molecule has 13 heavy (non-hydrogen) atoms. The van der Waals surface area contributed by atoms with Crippen LogP contribution >= 0.6 is 0 Å². The maximum Gasteiger partial charge on any atom is 0.0582 e. The summed E-state index contributed by atoms with van der Waals surface area (Å²) in [4.78, 5) is 0. The lowest BCUT2D eigenvalue weighted by Gasteiger charge is -2.17. The summed E-state index contributed by atoms with van der Waals surface area (Å²) < 4.78 is 0. The van der Waals surface area contributed by atoms with Crippen molar-refractivity contribution in [2.75, 3.05) is 6.61 Å². The number of allylic oxidation sites excluding steroid dienone is 2. The molecule has 0 saturated heterocycles. The average molecular weight is 185 g/mol. The molecule has 2 atom stereocenters. The van der Waals surface area contributed by atoms with Gasteiger partial charge in [-0.15, -0.1) is 0 Å². The van der Waals surface area contributed by atoms with E-state index >= 15 is 0 Å². The number of nitrogens with one attached hydrogen (secondary N) is 1. The predicted octanol–water partition coefficient (Wildman–Crippen LogP) is 2.09. The second-order valence-corrected chi connectivity index (χ2v) is 4.01. The number of hydrogen-bond donors (Lipinski definition) is 2. The van der Waals surface area contributed by atoms with E-state index in [2.05, 4.69) is 32.2 Å². The standard InChI is InChI=1S/C11H23NO/c1-9(2)6-5-7-10(3)12-11(4)8-13/h6,10-13H,5,7-8H2,1-4H3/t10?,11-/m0/s1. The topological polar surface area (TPSA) is 32.3 Å². The maximum absolute atomic E-state index is 8.82. The predicted molar refractivity (Wildman–Crippen MR) is 57.8 cm³/mol. The lowest BCUT2D eigenvalue weighted by molar-refractivity contribution is 0.241. The Balaban J connectivity index is 3.51. The van der Waals surface area contributed by atoms with Crippen molar-refractivity contribution in [1.82, 2.24) is 5.32 Å². The van der Waals surface area contributed by atoms with E-state index in [1.807, 2.05) is 6.92 Å². The van der Waals surface area contributed by atoms with Crippen LogP contribution in [-0.4, -0.2) is 23.8 Å². The van der Waals surface area contributed by atoms with Gasteiger partial charge in [0.05, 0.1) is 6.61 Å². The molecular weight excluding hydrogens is 162 g/mol. The van der Waals surface area contributed by atoms with Crippen molar-refractivity contribution >= 4 is 0 Å². The van der Waals surface area contributed by atoms with Crippen molar-refractivity contribution in [2.45, 2.75) is 52.6 Å². The molecule has 78 valence electrons. The van der Waals surface area contributed by atoms with Gasteiger partial charge >= 0.3 is 0 Å². The van der Waals surface area contributed by atoms with E-state index in [0.29, 0.717) is 6.04 Å². The van der Waals surface area contributed by atoms with Crippen molar-refractivity contribution < 1.29 is 5.11 Å². The zero-order valence-corrected chi connectivity index (χ0v) is 9.30. The molecule has 0 aromatic carbocycles. The van der Waals surface area contributed by atoms with Gasteiger partial charge in [-0.05, 0) is 40.5 Å². The van der Waals surface area contributed by atoms with Crippen LogP contribution in [0.5, 0.6) is 0 Å². The third-order valence-corrected chi connectivity index (χ3v) is 2.00. The first-order valence-corrected chi connectivity index (χ1v) is 5.06. The summed E-state index contributed by atoms with van der Waals surface area (Å²) in [5.41, 5.74) is 1.38. The fourth-order valence-electron chi connectivity index (χ4n) is 1.24. The molecule has 0 radical (unpaired) electrons. The van der Waals surface area contributed by atoms with Gasteiger partial charge in [-0.1, -0.05) is 11.6 Å². The number of rotatable bonds is 6. The normalized spacial score (nSPS) is 15.2. The monoisotopic (exact) mass is 185 g/mol. The van der Waals surface area contributed by atoms with Crippen LogP contribution in [0.1, 0.15) is 40.5 Å². The van der Waals surface area contributed by atoms with Crippen molar-refractivity contribution in [3.05, 3.63) is 11.6 Å². The van der Waals surface area contributed by atoms with E-state index in [0.717, 1.165) is 12.8 Å². The van der Waals surface area contributed by atoms with Crippen molar-refractivity contribution in [2.24, 2.45) is 0 Å². The van der Waals surface area contributed by atoms with Crippen LogP contribution in [0, 0.1) is 0 Å². The van der Waals surface area contributed by atoms with Gasteiger partial charge in [0.2, 0.25) is 0 Å². The zero-order chi connectivity index (χ0) is 10.3. The number of aliphatic hydroxyl groups excluding tert-OH is 1. The first-order valence-electron chi connectivity index (χ1n) is 5.06. The molecule has 0 aliphatic heterocycles. The largest absolute Gasteiger partial charge is 0.395 e. The minimum absolute atomic E-state index is 0.210. The second-order valence-electron chi connectivity index (χ2n) is 4.01. The molecule has 0 aliphatic carbocycles. The molecule has 0 heterocycles. The smallest absolute Gasteiger partial charge is 0.0582 e. The summed E-state index contributed by atoms with van der Waals surface area (Å²) in [6.45, 7) is 8.61. The SMILES string of the molecule is CC(C)=CCCC(C)N[C@@H](C)CO. The van der Waals surface area contributed by atoms with E-state index in [1.54, 1.807) is 0 Å². The molecule has 2 heteroatoms. The quantitative estimate of drug-likeness (QED) is 0.621. The highest BCUT2D eigenvalue weighted by molar-refractivity contribution is 4.93. The lowest BCUT2D eigenvalue weighted by Crippen LogP contribution is -2.36. The van der Waals surface area contributed by atoms with Gasteiger partial charge in [0.1, 0.15) is 0 Å². The van der Waals surface area contributed by atoms with Crippen LogP contribution in [-0.2, 0) is 0 Å². The van der Waals surface area contributed by atoms with E-state index in [4.69, 9.17) is 5.11 Å². The van der Waals surface area contributed by atoms with Gasteiger partial charge < -0.3 is 10.4 Å². The highest BCUT2D eigenvalue weighted by atomic mass is 16.3. The number of aliphatic hydroxyl groups is 1.